The number of allylic oxidation sites excluding steroid dienone is 1. The lowest BCUT2D eigenvalue weighted by Crippen LogP contribution is -2.00. The van der Waals surface area contributed by atoms with Crippen LogP contribution < -0.4 is 10.1 Å². The van der Waals surface area contributed by atoms with Gasteiger partial charge in [-0.3, -0.25) is 10.1 Å². The van der Waals surface area contributed by atoms with E-state index < -0.39 is 4.92 Å². The van der Waals surface area contributed by atoms with Crippen LogP contribution >= 0.6 is 0 Å². The van der Waals surface area contributed by atoms with E-state index in [1.165, 1.54) is 38.0 Å². The van der Waals surface area contributed by atoms with Crippen molar-refractivity contribution >= 4 is 11.4 Å². The zero-order chi connectivity index (χ0) is 13.7. The molecule has 1 aliphatic rings. The highest BCUT2D eigenvalue weighted by Gasteiger charge is 2.14. The first-order valence-corrected chi connectivity index (χ1v) is 6.47. The number of ether oxygens (including phenoxy) is 1. The van der Waals surface area contributed by atoms with Gasteiger partial charge in [0.05, 0.1) is 18.1 Å². The summed E-state index contributed by atoms with van der Waals surface area (Å²) in [6.07, 6.45) is 7.76. The summed E-state index contributed by atoms with van der Waals surface area (Å²) in [6.45, 7) is 0. The van der Waals surface area contributed by atoms with Gasteiger partial charge in [-0.25, -0.2) is 0 Å². The zero-order valence-corrected chi connectivity index (χ0v) is 11.0. The fourth-order valence-electron chi connectivity index (χ4n) is 2.24. The standard InChI is InChI=1S/C14H18N2O3/c1-19-12-7-8-13(14(9-12)16(17)18)15-10-11-5-3-2-4-6-11/h7-10,15H,2-6H2,1H3. The number of rotatable bonds is 4. The third kappa shape index (κ3) is 3.47. The van der Waals surface area contributed by atoms with Gasteiger partial charge in [-0.1, -0.05) is 12.0 Å². The Morgan fingerprint density at radius 1 is 1.32 bits per heavy atom. The average molecular weight is 262 g/mol. The molecule has 102 valence electrons. The molecule has 1 aromatic carbocycles. The highest BCUT2D eigenvalue weighted by atomic mass is 16.6. The smallest absolute Gasteiger partial charge is 0.296 e. The number of hydrogen-bond donors (Lipinski definition) is 1. The van der Waals surface area contributed by atoms with Gasteiger partial charge in [-0.2, -0.15) is 0 Å². The summed E-state index contributed by atoms with van der Waals surface area (Å²) in [5.41, 5.74) is 1.87. The summed E-state index contributed by atoms with van der Waals surface area (Å²) in [6, 6.07) is 4.83. The summed E-state index contributed by atoms with van der Waals surface area (Å²) in [7, 11) is 1.50. The Morgan fingerprint density at radius 3 is 2.68 bits per heavy atom. The fourth-order valence-corrected chi connectivity index (χ4v) is 2.24. The highest BCUT2D eigenvalue weighted by molar-refractivity contribution is 5.65. The Morgan fingerprint density at radius 2 is 2.05 bits per heavy atom. The molecule has 0 aliphatic heterocycles. The second-order valence-electron chi connectivity index (χ2n) is 4.65. The van der Waals surface area contributed by atoms with Crippen molar-refractivity contribution in [3.8, 4) is 5.75 Å². The van der Waals surface area contributed by atoms with Gasteiger partial charge >= 0.3 is 0 Å². The molecule has 1 aliphatic carbocycles. The maximum atomic E-state index is 11.0. The van der Waals surface area contributed by atoms with E-state index in [1.807, 2.05) is 6.20 Å². The summed E-state index contributed by atoms with van der Waals surface area (Å²) in [4.78, 5) is 10.6. The number of hydrogen-bond acceptors (Lipinski definition) is 4. The van der Waals surface area contributed by atoms with Crippen LogP contribution in [0.15, 0.2) is 30.0 Å². The van der Waals surface area contributed by atoms with Crippen molar-refractivity contribution in [2.45, 2.75) is 32.1 Å². The van der Waals surface area contributed by atoms with Crippen molar-refractivity contribution in [3.63, 3.8) is 0 Å². The summed E-state index contributed by atoms with van der Waals surface area (Å²) in [5.74, 6) is 0.488. The normalized spacial score (nSPS) is 14.9. The Balaban J connectivity index is 2.17. The predicted octanol–water partition coefficient (Wildman–Crippen LogP) is 3.86. The first kappa shape index (κ1) is 13.4. The van der Waals surface area contributed by atoms with E-state index in [9.17, 15) is 10.1 Å². The van der Waals surface area contributed by atoms with Crippen molar-refractivity contribution in [1.82, 2.24) is 0 Å². The second-order valence-corrected chi connectivity index (χ2v) is 4.65. The largest absolute Gasteiger partial charge is 0.496 e. The van der Waals surface area contributed by atoms with Crippen molar-refractivity contribution in [2.24, 2.45) is 0 Å². The molecule has 1 saturated carbocycles. The molecule has 0 radical (unpaired) electrons. The van der Waals surface area contributed by atoms with E-state index in [4.69, 9.17) is 4.74 Å². The molecule has 0 aromatic heterocycles. The van der Waals surface area contributed by atoms with Crippen molar-refractivity contribution in [1.29, 1.82) is 0 Å². The number of nitro groups is 1. The van der Waals surface area contributed by atoms with Gasteiger partial charge in [0, 0.05) is 6.20 Å². The molecule has 5 heteroatoms. The number of nitrogens with zero attached hydrogens (tertiary/aromatic N) is 1. The Kier molecular flexibility index (Phi) is 4.39. The highest BCUT2D eigenvalue weighted by Crippen LogP contribution is 2.30. The third-order valence-corrected chi connectivity index (χ3v) is 3.33. The van der Waals surface area contributed by atoms with E-state index in [0.717, 1.165) is 12.8 Å². The van der Waals surface area contributed by atoms with Crippen LogP contribution in [0.5, 0.6) is 5.75 Å². The van der Waals surface area contributed by atoms with E-state index in [2.05, 4.69) is 5.32 Å². The van der Waals surface area contributed by atoms with E-state index in [1.54, 1.807) is 12.1 Å². The molecule has 1 N–H and O–H groups in total. The van der Waals surface area contributed by atoms with E-state index in [-0.39, 0.29) is 5.69 Å². The van der Waals surface area contributed by atoms with Crippen LogP contribution in [0.3, 0.4) is 0 Å². The lowest BCUT2D eigenvalue weighted by atomic mass is 9.96. The fraction of sp³-hybridized carbons (Fsp3) is 0.429. The predicted molar refractivity (Wildman–Crippen MR) is 74.4 cm³/mol. The molecule has 5 nitrogen and oxygen atoms in total. The molecule has 0 spiro atoms. The Labute approximate surface area is 112 Å². The van der Waals surface area contributed by atoms with Crippen LogP contribution in [0.25, 0.3) is 0 Å². The Bertz CT molecular complexity index is 489. The van der Waals surface area contributed by atoms with Gasteiger partial charge in [0.2, 0.25) is 0 Å². The molecule has 0 atom stereocenters. The van der Waals surface area contributed by atoms with Crippen LogP contribution in [0, 0.1) is 10.1 Å². The van der Waals surface area contributed by atoms with Crippen molar-refractivity contribution in [2.75, 3.05) is 12.4 Å². The minimum atomic E-state index is -0.399. The van der Waals surface area contributed by atoms with Gasteiger partial charge in [-0.05, 0) is 37.8 Å². The minimum Gasteiger partial charge on any atom is -0.496 e. The average Bonchev–Trinajstić information content (AvgIpc) is 2.46. The number of anilines is 1. The lowest BCUT2D eigenvalue weighted by molar-refractivity contribution is -0.384. The lowest BCUT2D eigenvalue weighted by Gasteiger charge is -2.14. The molecule has 0 heterocycles. The molecule has 0 unspecified atom stereocenters. The van der Waals surface area contributed by atoms with Crippen molar-refractivity contribution < 1.29 is 9.66 Å². The van der Waals surface area contributed by atoms with Crippen molar-refractivity contribution in [3.05, 3.63) is 40.1 Å². The van der Waals surface area contributed by atoms with Crippen LogP contribution in [0.2, 0.25) is 0 Å². The maximum Gasteiger partial charge on any atom is 0.296 e. The molecule has 1 aromatic rings. The van der Waals surface area contributed by atoms with Gasteiger partial charge in [0.15, 0.2) is 0 Å². The van der Waals surface area contributed by atoms with Gasteiger partial charge in [0.25, 0.3) is 5.69 Å². The van der Waals surface area contributed by atoms with E-state index >= 15 is 0 Å². The molecule has 1 fully saturated rings. The topological polar surface area (TPSA) is 64.4 Å². The summed E-state index contributed by atoms with van der Waals surface area (Å²) < 4.78 is 5.01. The Hall–Kier alpha value is -2.04. The number of methoxy groups -OCH3 is 1. The van der Waals surface area contributed by atoms with Crippen LogP contribution in [-0.2, 0) is 0 Å². The zero-order valence-electron chi connectivity index (χ0n) is 11.0. The van der Waals surface area contributed by atoms with Crippen LogP contribution in [0.4, 0.5) is 11.4 Å². The number of benzene rings is 1. The molecule has 19 heavy (non-hydrogen) atoms. The molecule has 0 bridgehead atoms. The van der Waals surface area contributed by atoms with Crippen LogP contribution in [-0.4, -0.2) is 12.0 Å². The van der Waals surface area contributed by atoms with Crippen LogP contribution in [0.1, 0.15) is 32.1 Å². The molecular formula is C14H18N2O3. The monoisotopic (exact) mass is 262 g/mol. The summed E-state index contributed by atoms with van der Waals surface area (Å²) in [5, 5.41) is 14.1. The molecular weight excluding hydrogens is 244 g/mol. The molecule has 2 rings (SSSR count). The van der Waals surface area contributed by atoms with E-state index in [0.29, 0.717) is 11.4 Å². The van der Waals surface area contributed by atoms with Gasteiger partial charge in [0.1, 0.15) is 11.4 Å². The van der Waals surface area contributed by atoms with Gasteiger partial charge in [-0.15, -0.1) is 0 Å². The number of nitrogens with one attached hydrogen (secondary N) is 1. The maximum absolute atomic E-state index is 11.0. The molecule has 0 amide bonds. The van der Waals surface area contributed by atoms with Gasteiger partial charge < -0.3 is 10.1 Å². The first-order chi connectivity index (χ1) is 9.20. The SMILES string of the molecule is COc1ccc(NC=C2CCCCC2)c([N+](=O)[O-])c1. The molecule has 0 saturated heterocycles. The minimum absolute atomic E-state index is 0.0343. The number of nitro benzene ring substituents is 1. The third-order valence-electron chi connectivity index (χ3n) is 3.33. The first-order valence-electron chi connectivity index (χ1n) is 6.47. The second kappa shape index (κ2) is 6.22. The quantitative estimate of drug-likeness (QED) is 0.661. The summed E-state index contributed by atoms with van der Waals surface area (Å²) >= 11 is 0.